The summed E-state index contributed by atoms with van der Waals surface area (Å²) in [4.78, 5) is 6.12. The highest BCUT2D eigenvalue weighted by atomic mass is 16.5. The lowest BCUT2D eigenvalue weighted by Crippen LogP contribution is -2.38. The van der Waals surface area contributed by atoms with Gasteiger partial charge in [-0.2, -0.15) is 5.26 Å². The zero-order valence-corrected chi connectivity index (χ0v) is 11.1. The average molecular weight is 249 g/mol. The second-order valence-electron chi connectivity index (χ2n) is 4.00. The van der Waals surface area contributed by atoms with Crippen molar-refractivity contribution in [1.82, 2.24) is 4.98 Å². The summed E-state index contributed by atoms with van der Waals surface area (Å²) in [6, 6.07) is 5.93. The van der Waals surface area contributed by atoms with E-state index in [0.29, 0.717) is 18.9 Å². The van der Waals surface area contributed by atoms with Gasteiger partial charge in [-0.15, -0.1) is 0 Å². The predicted molar refractivity (Wildman–Crippen MR) is 69.5 cm³/mol. The number of hydrogen-bond donors (Lipinski definition) is 0. The van der Waals surface area contributed by atoms with E-state index in [0.717, 1.165) is 12.2 Å². The lowest BCUT2D eigenvalue weighted by atomic mass is 10.2. The van der Waals surface area contributed by atoms with Crippen molar-refractivity contribution in [2.45, 2.75) is 13.0 Å². The maximum absolute atomic E-state index is 8.88. The lowest BCUT2D eigenvalue weighted by molar-refractivity contribution is 0.171. The smallest absolute Gasteiger partial charge is 0.142 e. The quantitative estimate of drug-likeness (QED) is 0.732. The van der Waals surface area contributed by atoms with Crippen molar-refractivity contribution < 1.29 is 9.47 Å². The molecule has 5 nitrogen and oxygen atoms in total. The molecule has 0 aliphatic heterocycles. The summed E-state index contributed by atoms with van der Waals surface area (Å²) in [5.41, 5.74) is 1.38. The van der Waals surface area contributed by atoms with Crippen molar-refractivity contribution in [2.24, 2.45) is 0 Å². The molecule has 0 amide bonds. The molecule has 0 aliphatic carbocycles. The first-order chi connectivity index (χ1) is 8.72. The first kappa shape index (κ1) is 14.4. The predicted octanol–water partition coefficient (Wildman–Crippen LogP) is 1.44. The van der Waals surface area contributed by atoms with Gasteiger partial charge in [0, 0.05) is 38.7 Å². The molecule has 0 radical (unpaired) electrons. The van der Waals surface area contributed by atoms with Crippen molar-refractivity contribution in [3.63, 3.8) is 0 Å². The molecule has 0 fully saturated rings. The minimum atomic E-state index is 0.207. The SMILES string of the molecule is COCCN(c1ccnc(C#N)c1)C(C)COC. The molecule has 1 aromatic rings. The van der Waals surface area contributed by atoms with Crippen LogP contribution in [0.4, 0.5) is 5.69 Å². The van der Waals surface area contributed by atoms with E-state index >= 15 is 0 Å². The minimum Gasteiger partial charge on any atom is -0.383 e. The molecule has 1 aromatic heterocycles. The number of hydrogen-bond acceptors (Lipinski definition) is 5. The fourth-order valence-electron chi connectivity index (χ4n) is 1.78. The number of pyridine rings is 1. The number of nitrogens with zero attached hydrogens (tertiary/aromatic N) is 3. The van der Waals surface area contributed by atoms with Crippen molar-refractivity contribution in [1.29, 1.82) is 5.26 Å². The zero-order chi connectivity index (χ0) is 13.4. The number of nitriles is 1. The Hall–Kier alpha value is -1.64. The summed E-state index contributed by atoms with van der Waals surface area (Å²) in [5, 5.41) is 8.88. The summed E-state index contributed by atoms with van der Waals surface area (Å²) in [6.07, 6.45) is 1.65. The molecular weight excluding hydrogens is 230 g/mol. The highest BCUT2D eigenvalue weighted by Gasteiger charge is 2.14. The molecule has 0 saturated heterocycles. The van der Waals surface area contributed by atoms with Gasteiger partial charge in [0.05, 0.1) is 13.2 Å². The normalized spacial score (nSPS) is 11.9. The van der Waals surface area contributed by atoms with Gasteiger partial charge >= 0.3 is 0 Å². The second-order valence-corrected chi connectivity index (χ2v) is 4.00. The van der Waals surface area contributed by atoms with Crippen LogP contribution in [0.15, 0.2) is 18.3 Å². The molecule has 0 bridgehead atoms. The van der Waals surface area contributed by atoms with Crippen LogP contribution in [0.2, 0.25) is 0 Å². The van der Waals surface area contributed by atoms with Crippen LogP contribution in [0.25, 0.3) is 0 Å². The maximum Gasteiger partial charge on any atom is 0.142 e. The molecule has 0 saturated carbocycles. The van der Waals surface area contributed by atoms with Crippen LogP contribution in [0.1, 0.15) is 12.6 Å². The molecule has 1 rings (SSSR count). The first-order valence-corrected chi connectivity index (χ1v) is 5.83. The number of methoxy groups -OCH3 is 2. The minimum absolute atomic E-state index is 0.207. The Morgan fingerprint density at radius 2 is 2.22 bits per heavy atom. The first-order valence-electron chi connectivity index (χ1n) is 5.83. The number of aromatic nitrogens is 1. The molecule has 1 unspecified atom stereocenters. The Kier molecular flexibility index (Phi) is 6.12. The number of anilines is 1. The van der Waals surface area contributed by atoms with Crippen LogP contribution in [0.3, 0.4) is 0 Å². The third-order valence-electron chi connectivity index (χ3n) is 2.67. The Morgan fingerprint density at radius 1 is 1.44 bits per heavy atom. The van der Waals surface area contributed by atoms with Gasteiger partial charge in [0.1, 0.15) is 11.8 Å². The van der Waals surface area contributed by atoms with E-state index in [9.17, 15) is 0 Å². The Labute approximate surface area is 108 Å². The van der Waals surface area contributed by atoms with Gasteiger partial charge in [0.25, 0.3) is 0 Å². The highest BCUT2D eigenvalue weighted by molar-refractivity contribution is 5.49. The van der Waals surface area contributed by atoms with Gasteiger partial charge in [-0.25, -0.2) is 4.98 Å². The zero-order valence-electron chi connectivity index (χ0n) is 11.1. The van der Waals surface area contributed by atoms with Crippen LogP contribution in [0, 0.1) is 11.3 Å². The summed E-state index contributed by atoms with van der Waals surface area (Å²) < 4.78 is 10.3. The van der Waals surface area contributed by atoms with Crippen LogP contribution in [-0.4, -0.2) is 45.0 Å². The van der Waals surface area contributed by atoms with Gasteiger partial charge in [-0.1, -0.05) is 0 Å². The molecule has 0 aliphatic rings. The van der Waals surface area contributed by atoms with Crippen molar-refractivity contribution in [3.05, 3.63) is 24.0 Å². The third kappa shape index (κ3) is 3.99. The molecule has 98 valence electrons. The number of ether oxygens (including phenoxy) is 2. The highest BCUT2D eigenvalue weighted by Crippen LogP contribution is 2.17. The van der Waals surface area contributed by atoms with Crippen molar-refractivity contribution in [2.75, 3.05) is 38.9 Å². The van der Waals surface area contributed by atoms with Gasteiger partial charge in [0.15, 0.2) is 0 Å². The van der Waals surface area contributed by atoms with Crippen LogP contribution < -0.4 is 4.90 Å². The van der Waals surface area contributed by atoms with Crippen LogP contribution in [0.5, 0.6) is 0 Å². The molecular formula is C13H19N3O2. The standard InChI is InChI=1S/C13H19N3O2/c1-11(10-18-3)16(6-7-17-2)13-4-5-15-12(8-13)9-14/h4-5,8,11H,6-7,10H2,1-3H3. The Bertz CT molecular complexity index is 403. The van der Waals surface area contributed by atoms with Gasteiger partial charge in [-0.05, 0) is 19.1 Å². The number of rotatable bonds is 7. The molecule has 18 heavy (non-hydrogen) atoms. The van der Waals surface area contributed by atoms with Crippen molar-refractivity contribution >= 4 is 5.69 Å². The van der Waals surface area contributed by atoms with E-state index in [2.05, 4.69) is 16.8 Å². The van der Waals surface area contributed by atoms with E-state index in [1.54, 1.807) is 26.5 Å². The average Bonchev–Trinajstić information content (AvgIpc) is 2.40. The molecule has 5 heteroatoms. The van der Waals surface area contributed by atoms with E-state index in [-0.39, 0.29) is 6.04 Å². The van der Waals surface area contributed by atoms with E-state index in [1.807, 2.05) is 12.1 Å². The van der Waals surface area contributed by atoms with Gasteiger partial charge < -0.3 is 14.4 Å². The molecule has 0 aromatic carbocycles. The van der Waals surface area contributed by atoms with Crippen LogP contribution in [-0.2, 0) is 9.47 Å². The van der Waals surface area contributed by atoms with Gasteiger partial charge in [-0.3, -0.25) is 0 Å². The monoisotopic (exact) mass is 249 g/mol. The summed E-state index contributed by atoms with van der Waals surface area (Å²) in [6.45, 7) is 4.06. The Morgan fingerprint density at radius 3 is 2.83 bits per heavy atom. The Balaban J connectivity index is 2.89. The molecule has 0 spiro atoms. The lowest BCUT2D eigenvalue weighted by Gasteiger charge is -2.30. The third-order valence-corrected chi connectivity index (χ3v) is 2.67. The fraction of sp³-hybridized carbons (Fsp3) is 0.538. The van der Waals surface area contributed by atoms with E-state index in [4.69, 9.17) is 14.7 Å². The molecule has 0 N–H and O–H groups in total. The van der Waals surface area contributed by atoms with Crippen molar-refractivity contribution in [3.8, 4) is 6.07 Å². The summed E-state index contributed by atoms with van der Waals surface area (Å²) in [5.74, 6) is 0. The summed E-state index contributed by atoms with van der Waals surface area (Å²) in [7, 11) is 3.35. The van der Waals surface area contributed by atoms with Crippen LogP contribution >= 0.6 is 0 Å². The topological polar surface area (TPSA) is 58.4 Å². The van der Waals surface area contributed by atoms with Gasteiger partial charge in [0.2, 0.25) is 0 Å². The maximum atomic E-state index is 8.88. The largest absolute Gasteiger partial charge is 0.383 e. The summed E-state index contributed by atoms with van der Waals surface area (Å²) >= 11 is 0. The second kappa shape index (κ2) is 7.64. The van der Waals surface area contributed by atoms with E-state index < -0.39 is 0 Å². The molecule has 1 atom stereocenters. The molecule has 1 heterocycles. The van der Waals surface area contributed by atoms with E-state index in [1.165, 1.54) is 0 Å². The fourth-order valence-corrected chi connectivity index (χ4v) is 1.78.